The van der Waals surface area contributed by atoms with Crippen molar-refractivity contribution in [1.82, 2.24) is 0 Å². The van der Waals surface area contributed by atoms with Gasteiger partial charge < -0.3 is 0 Å². The Morgan fingerprint density at radius 1 is 0.250 bits per heavy atom. The second kappa shape index (κ2) is 19.9. The topological polar surface area (TPSA) is 171 Å². The van der Waals surface area contributed by atoms with Gasteiger partial charge in [-0.05, 0) is 19.3 Å². The van der Waals surface area contributed by atoms with Gasteiger partial charge in [0.25, 0.3) is 0 Å². The van der Waals surface area contributed by atoms with Crippen LogP contribution in [0.5, 0.6) is 0 Å². The molecule has 242 valence electrons. The summed E-state index contributed by atoms with van der Waals surface area (Å²) in [6, 6.07) is 0. The zero-order chi connectivity index (χ0) is 32.5. The number of rotatable bonds is 0. The SMILES string of the molecule is O=C1CCCC(=O)C2CCCC2C(=O)CCC(=O)CCC(=O)CCC(=O)CCC(=O)CCC(=O)CCC(=O)CCC(=O)CC1. The lowest BCUT2D eigenvalue weighted by atomic mass is 9.84. The molecule has 0 amide bonds. The van der Waals surface area contributed by atoms with Gasteiger partial charge in [-0.2, -0.15) is 0 Å². The normalized spacial score (nSPS) is 25.5. The summed E-state index contributed by atoms with van der Waals surface area (Å²) < 4.78 is 0. The van der Waals surface area contributed by atoms with Crippen LogP contribution in [0.25, 0.3) is 0 Å². The molecule has 0 aliphatic heterocycles. The van der Waals surface area contributed by atoms with E-state index in [-0.39, 0.29) is 173 Å². The summed E-state index contributed by atoms with van der Waals surface area (Å²) in [6.45, 7) is 0. The maximum absolute atomic E-state index is 12.8. The number of carbonyl (C=O) groups excluding carboxylic acids is 10. The van der Waals surface area contributed by atoms with Crippen LogP contribution in [-0.2, 0) is 47.9 Å². The first-order valence-electron chi connectivity index (χ1n) is 16.1. The number of Topliss-reactive ketones (excluding diaryl/α,β-unsaturated/α-hetero) is 10. The van der Waals surface area contributed by atoms with Gasteiger partial charge >= 0.3 is 0 Å². The summed E-state index contributed by atoms with van der Waals surface area (Å²) >= 11 is 0. The molecule has 2 unspecified atom stereocenters. The molecule has 0 saturated heterocycles. The van der Waals surface area contributed by atoms with Gasteiger partial charge in [-0.25, -0.2) is 0 Å². The van der Waals surface area contributed by atoms with Crippen molar-refractivity contribution in [2.24, 2.45) is 11.8 Å². The van der Waals surface area contributed by atoms with Crippen molar-refractivity contribution in [3.63, 3.8) is 0 Å². The van der Waals surface area contributed by atoms with Gasteiger partial charge in [0, 0.05) is 127 Å². The predicted molar refractivity (Wildman–Crippen MR) is 159 cm³/mol. The van der Waals surface area contributed by atoms with Crippen molar-refractivity contribution in [3.05, 3.63) is 0 Å². The quantitative estimate of drug-likeness (QED) is 0.378. The maximum Gasteiger partial charge on any atom is 0.137 e. The molecule has 0 radical (unpaired) electrons. The molecule has 2 atom stereocenters. The van der Waals surface area contributed by atoms with Crippen molar-refractivity contribution in [3.8, 4) is 0 Å². The largest absolute Gasteiger partial charge is 0.300 e. The number of ketones is 10. The molecule has 2 rings (SSSR count). The third-order valence-electron chi connectivity index (χ3n) is 8.65. The first-order valence-corrected chi connectivity index (χ1v) is 16.1. The molecule has 10 nitrogen and oxygen atoms in total. The molecule has 44 heavy (non-hydrogen) atoms. The monoisotopic (exact) mass is 614 g/mol. The van der Waals surface area contributed by atoms with Crippen LogP contribution in [0.4, 0.5) is 0 Å². The number of hydrogen-bond acceptors (Lipinski definition) is 10. The van der Waals surface area contributed by atoms with Crippen molar-refractivity contribution >= 4 is 57.8 Å². The van der Waals surface area contributed by atoms with Crippen LogP contribution in [0.1, 0.15) is 141 Å². The molecular weight excluding hydrogens is 568 g/mol. The van der Waals surface area contributed by atoms with Gasteiger partial charge in [0.05, 0.1) is 0 Å². The molecule has 2 aliphatic carbocycles. The zero-order valence-corrected chi connectivity index (χ0v) is 25.8. The standard InChI is InChI=1S/C34H46O10/c35-23-3-1-6-33(43)31-4-2-5-32(31)34(44)22-21-30(42)20-19-29(41)18-17-28(40)16-15-27(39)14-13-26(38)12-11-25(37)10-9-24(36)8-7-23/h31-32H,1-22H2. The Labute approximate surface area is 258 Å². The maximum atomic E-state index is 12.8. The fraction of sp³-hybridized carbons (Fsp3) is 0.706. The Morgan fingerprint density at radius 2 is 0.477 bits per heavy atom. The number of fused-ring (bicyclic) bond motifs is 1. The van der Waals surface area contributed by atoms with Crippen LogP contribution < -0.4 is 0 Å². The van der Waals surface area contributed by atoms with E-state index in [4.69, 9.17) is 0 Å². The van der Waals surface area contributed by atoms with Crippen LogP contribution in [0.3, 0.4) is 0 Å². The van der Waals surface area contributed by atoms with E-state index in [1.807, 2.05) is 0 Å². The Morgan fingerprint density at radius 3 is 0.773 bits per heavy atom. The summed E-state index contributed by atoms with van der Waals surface area (Å²) in [5.74, 6) is -2.89. The highest BCUT2D eigenvalue weighted by Gasteiger charge is 2.36. The van der Waals surface area contributed by atoms with E-state index in [1.54, 1.807) is 0 Å². The fourth-order valence-corrected chi connectivity index (χ4v) is 5.78. The lowest BCUT2D eigenvalue weighted by Crippen LogP contribution is -2.26. The van der Waals surface area contributed by atoms with Gasteiger partial charge in [-0.15, -0.1) is 0 Å². The summed E-state index contributed by atoms with van der Waals surface area (Å²) in [5.41, 5.74) is 0. The van der Waals surface area contributed by atoms with Gasteiger partial charge in [0.15, 0.2) is 0 Å². The molecule has 2 aliphatic rings. The van der Waals surface area contributed by atoms with E-state index in [9.17, 15) is 47.9 Å². The van der Waals surface area contributed by atoms with Crippen LogP contribution in [0.2, 0.25) is 0 Å². The van der Waals surface area contributed by atoms with E-state index in [0.29, 0.717) is 19.3 Å². The van der Waals surface area contributed by atoms with Crippen molar-refractivity contribution < 1.29 is 47.9 Å². The molecule has 0 N–H and O–H groups in total. The van der Waals surface area contributed by atoms with E-state index in [0.717, 1.165) is 6.42 Å². The fourth-order valence-electron chi connectivity index (χ4n) is 5.78. The second-order valence-electron chi connectivity index (χ2n) is 12.2. The molecule has 10 heteroatoms. The number of carbonyl (C=O) groups is 10. The van der Waals surface area contributed by atoms with E-state index in [2.05, 4.69) is 0 Å². The van der Waals surface area contributed by atoms with Crippen LogP contribution in [0, 0.1) is 11.8 Å². The van der Waals surface area contributed by atoms with Gasteiger partial charge in [0.1, 0.15) is 57.8 Å². The molecular formula is C34H46O10. The second-order valence-corrected chi connectivity index (χ2v) is 12.2. The minimum atomic E-state index is -0.436. The third kappa shape index (κ3) is 14.9. The molecule has 0 bridgehead atoms. The Hall–Kier alpha value is -3.30. The highest BCUT2D eigenvalue weighted by Crippen LogP contribution is 2.35. The third-order valence-corrected chi connectivity index (χ3v) is 8.65. The molecule has 2 saturated carbocycles. The van der Waals surface area contributed by atoms with Gasteiger partial charge in [0.2, 0.25) is 0 Å². The minimum Gasteiger partial charge on any atom is -0.300 e. The molecule has 2 fully saturated rings. The van der Waals surface area contributed by atoms with E-state index < -0.39 is 11.8 Å². The highest BCUT2D eigenvalue weighted by atomic mass is 16.2. The highest BCUT2D eigenvalue weighted by molar-refractivity contribution is 5.95. The van der Waals surface area contributed by atoms with Gasteiger partial charge in [-0.3, -0.25) is 47.9 Å². The van der Waals surface area contributed by atoms with Crippen molar-refractivity contribution in [2.75, 3.05) is 0 Å². The zero-order valence-electron chi connectivity index (χ0n) is 25.8. The molecule has 0 aromatic heterocycles. The Balaban J connectivity index is 1.92. The molecule has 0 aromatic rings. The minimum absolute atomic E-state index is 0.00550. The van der Waals surface area contributed by atoms with Crippen LogP contribution in [0.15, 0.2) is 0 Å². The van der Waals surface area contributed by atoms with Gasteiger partial charge in [-0.1, -0.05) is 6.42 Å². The van der Waals surface area contributed by atoms with E-state index >= 15 is 0 Å². The van der Waals surface area contributed by atoms with E-state index in [1.165, 1.54) is 0 Å². The van der Waals surface area contributed by atoms with Crippen LogP contribution in [-0.4, -0.2) is 57.8 Å². The van der Waals surface area contributed by atoms with Crippen molar-refractivity contribution in [1.29, 1.82) is 0 Å². The first-order chi connectivity index (χ1) is 20.9. The molecule has 0 spiro atoms. The summed E-state index contributed by atoms with van der Waals surface area (Å²) in [6.07, 6.45) is 2.26. The smallest absolute Gasteiger partial charge is 0.137 e. The summed E-state index contributed by atoms with van der Waals surface area (Å²) in [7, 11) is 0. The Bertz CT molecular complexity index is 1130. The average molecular weight is 615 g/mol. The predicted octanol–water partition coefficient (Wildman–Crippen LogP) is 4.52. The van der Waals surface area contributed by atoms with Crippen LogP contribution >= 0.6 is 0 Å². The lowest BCUT2D eigenvalue weighted by Gasteiger charge is -2.17. The van der Waals surface area contributed by atoms with Crippen molar-refractivity contribution in [2.45, 2.75) is 141 Å². The average Bonchev–Trinajstić information content (AvgIpc) is 3.50. The summed E-state index contributed by atoms with van der Waals surface area (Å²) in [5, 5.41) is 0. The molecule has 0 aromatic carbocycles. The first kappa shape index (κ1) is 36.9. The lowest BCUT2D eigenvalue weighted by molar-refractivity contribution is -0.132. The number of hydrogen-bond donors (Lipinski definition) is 0. The molecule has 0 heterocycles. The Kier molecular flexibility index (Phi) is 16.7. The summed E-state index contributed by atoms with van der Waals surface area (Å²) in [4.78, 5) is 123.